The quantitative estimate of drug-likeness (QED) is 0.722. The van der Waals surface area contributed by atoms with Crippen LogP contribution in [0.15, 0.2) is 6.20 Å². The maximum atomic E-state index is 4.48. The molecule has 0 amide bonds. The van der Waals surface area contributed by atoms with E-state index in [1.54, 1.807) is 0 Å². The minimum Gasteiger partial charge on any atom is -0.310 e. The summed E-state index contributed by atoms with van der Waals surface area (Å²) >= 11 is 2.01. The third-order valence-electron chi connectivity index (χ3n) is 3.23. The highest BCUT2D eigenvalue weighted by molar-refractivity contribution is 7.99. The first-order valence-corrected chi connectivity index (χ1v) is 7.79. The predicted octanol–water partition coefficient (Wildman–Crippen LogP) is 2.59. The standard InChI is InChI=1S/C13H23N3S/c1-3-17-8-4-7-16-11(2)12(10-15-16)9-14-13-5-6-13/h10,13-14H,3-9H2,1-2H3. The van der Waals surface area contributed by atoms with Crippen molar-refractivity contribution in [3.05, 3.63) is 17.5 Å². The van der Waals surface area contributed by atoms with Gasteiger partial charge < -0.3 is 5.32 Å². The summed E-state index contributed by atoms with van der Waals surface area (Å²) < 4.78 is 2.15. The van der Waals surface area contributed by atoms with E-state index >= 15 is 0 Å². The second kappa shape index (κ2) is 6.45. The fraction of sp³-hybridized carbons (Fsp3) is 0.769. The maximum Gasteiger partial charge on any atom is 0.0537 e. The summed E-state index contributed by atoms with van der Waals surface area (Å²) in [4.78, 5) is 0. The van der Waals surface area contributed by atoms with Gasteiger partial charge in [0.25, 0.3) is 0 Å². The lowest BCUT2D eigenvalue weighted by Gasteiger charge is -2.06. The molecule has 4 heteroatoms. The fourth-order valence-corrected chi connectivity index (χ4v) is 2.51. The van der Waals surface area contributed by atoms with Crippen molar-refractivity contribution in [1.29, 1.82) is 0 Å². The molecule has 0 spiro atoms. The summed E-state index contributed by atoms with van der Waals surface area (Å²) in [6, 6.07) is 0.777. The Kier molecular flexibility index (Phi) is 4.92. The van der Waals surface area contributed by atoms with Gasteiger partial charge >= 0.3 is 0 Å². The molecule has 0 saturated heterocycles. The number of hydrogen-bond acceptors (Lipinski definition) is 3. The molecule has 0 aliphatic heterocycles. The molecule has 1 aromatic heterocycles. The number of aromatic nitrogens is 2. The van der Waals surface area contributed by atoms with Gasteiger partial charge in [0.15, 0.2) is 0 Å². The topological polar surface area (TPSA) is 29.9 Å². The largest absolute Gasteiger partial charge is 0.310 e. The van der Waals surface area contributed by atoms with Crippen LogP contribution in [-0.4, -0.2) is 27.3 Å². The van der Waals surface area contributed by atoms with E-state index in [0.29, 0.717) is 0 Å². The molecule has 1 aromatic rings. The Balaban J connectivity index is 1.76. The Hall–Kier alpha value is -0.480. The first-order chi connectivity index (χ1) is 8.31. The second-order valence-electron chi connectivity index (χ2n) is 4.68. The Bertz CT molecular complexity index is 344. The average molecular weight is 253 g/mol. The molecule has 1 saturated carbocycles. The van der Waals surface area contributed by atoms with Gasteiger partial charge in [-0.1, -0.05) is 6.92 Å². The number of nitrogens with zero attached hydrogens (tertiary/aromatic N) is 2. The zero-order valence-corrected chi connectivity index (χ0v) is 11.7. The average Bonchev–Trinajstić information content (AvgIpc) is 3.09. The van der Waals surface area contributed by atoms with E-state index in [-0.39, 0.29) is 0 Å². The van der Waals surface area contributed by atoms with E-state index < -0.39 is 0 Å². The smallest absolute Gasteiger partial charge is 0.0537 e. The first kappa shape index (κ1) is 13.0. The molecule has 17 heavy (non-hydrogen) atoms. The number of aryl methyl sites for hydroxylation is 1. The summed E-state index contributed by atoms with van der Waals surface area (Å²) in [6.45, 7) is 6.44. The molecule has 0 bridgehead atoms. The molecular formula is C13H23N3S. The number of nitrogens with one attached hydrogen (secondary N) is 1. The molecule has 96 valence electrons. The highest BCUT2D eigenvalue weighted by Gasteiger charge is 2.20. The van der Waals surface area contributed by atoms with E-state index in [9.17, 15) is 0 Å². The second-order valence-corrected chi connectivity index (χ2v) is 6.08. The molecule has 3 nitrogen and oxygen atoms in total. The van der Waals surface area contributed by atoms with Gasteiger partial charge in [-0.05, 0) is 37.7 Å². The van der Waals surface area contributed by atoms with E-state index in [4.69, 9.17) is 0 Å². The van der Waals surface area contributed by atoms with Crippen LogP contribution in [0.3, 0.4) is 0 Å². The number of hydrogen-bond donors (Lipinski definition) is 1. The summed E-state index contributed by atoms with van der Waals surface area (Å²) in [7, 11) is 0. The highest BCUT2D eigenvalue weighted by Crippen LogP contribution is 2.19. The summed E-state index contributed by atoms with van der Waals surface area (Å²) in [5.74, 6) is 2.46. The molecule has 0 aromatic carbocycles. The van der Waals surface area contributed by atoms with Crippen LogP contribution in [0.1, 0.15) is 37.4 Å². The van der Waals surface area contributed by atoms with Crippen molar-refractivity contribution in [3.8, 4) is 0 Å². The minimum atomic E-state index is 0.777. The molecule has 1 aliphatic rings. The SMILES string of the molecule is CCSCCCn1ncc(CNC2CC2)c1C. The Morgan fingerprint density at radius 3 is 3.06 bits per heavy atom. The predicted molar refractivity (Wildman–Crippen MR) is 74.4 cm³/mol. The van der Waals surface area contributed by atoms with E-state index in [1.807, 2.05) is 18.0 Å². The molecule has 1 aliphatic carbocycles. The lowest BCUT2D eigenvalue weighted by Crippen LogP contribution is -2.15. The van der Waals surface area contributed by atoms with E-state index in [2.05, 4.69) is 28.9 Å². The van der Waals surface area contributed by atoms with Crippen LogP contribution in [0, 0.1) is 6.92 Å². The molecular weight excluding hydrogens is 230 g/mol. The van der Waals surface area contributed by atoms with Crippen molar-refractivity contribution in [2.75, 3.05) is 11.5 Å². The van der Waals surface area contributed by atoms with Gasteiger partial charge in [-0.3, -0.25) is 4.68 Å². The van der Waals surface area contributed by atoms with Gasteiger partial charge in [-0.25, -0.2) is 0 Å². The third-order valence-corrected chi connectivity index (χ3v) is 4.21. The number of rotatable bonds is 8. The maximum absolute atomic E-state index is 4.48. The van der Waals surface area contributed by atoms with Crippen molar-refractivity contribution >= 4 is 11.8 Å². The summed E-state index contributed by atoms with van der Waals surface area (Å²) in [5.41, 5.74) is 2.69. The van der Waals surface area contributed by atoms with Crippen molar-refractivity contribution in [2.24, 2.45) is 0 Å². The van der Waals surface area contributed by atoms with Crippen molar-refractivity contribution < 1.29 is 0 Å². The van der Waals surface area contributed by atoms with Gasteiger partial charge in [-0.2, -0.15) is 16.9 Å². The first-order valence-electron chi connectivity index (χ1n) is 6.63. The highest BCUT2D eigenvalue weighted by atomic mass is 32.2. The van der Waals surface area contributed by atoms with Gasteiger partial charge in [0.1, 0.15) is 0 Å². The van der Waals surface area contributed by atoms with Crippen LogP contribution in [-0.2, 0) is 13.1 Å². The third kappa shape index (κ3) is 4.03. The monoisotopic (exact) mass is 253 g/mol. The lowest BCUT2D eigenvalue weighted by molar-refractivity contribution is 0.587. The van der Waals surface area contributed by atoms with Crippen LogP contribution in [0.5, 0.6) is 0 Å². The minimum absolute atomic E-state index is 0.777. The van der Waals surface area contributed by atoms with Crippen LogP contribution in [0.2, 0.25) is 0 Å². The van der Waals surface area contributed by atoms with Crippen LogP contribution in [0.4, 0.5) is 0 Å². The lowest BCUT2D eigenvalue weighted by atomic mass is 10.2. The molecule has 1 N–H and O–H groups in total. The number of thioether (sulfide) groups is 1. The van der Waals surface area contributed by atoms with Gasteiger partial charge in [0, 0.05) is 30.4 Å². The fourth-order valence-electron chi connectivity index (χ4n) is 1.89. The zero-order valence-electron chi connectivity index (χ0n) is 10.9. The summed E-state index contributed by atoms with van der Waals surface area (Å²) in [5, 5.41) is 8.03. The Labute approximate surface area is 108 Å². The van der Waals surface area contributed by atoms with E-state index in [1.165, 1.54) is 42.0 Å². The van der Waals surface area contributed by atoms with Gasteiger partial charge in [0.2, 0.25) is 0 Å². The molecule has 2 rings (SSSR count). The van der Waals surface area contributed by atoms with Crippen LogP contribution >= 0.6 is 11.8 Å². The Morgan fingerprint density at radius 1 is 1.53 bits per heavy atom. The molecule has 0 unspecified atom stereocenters. The normalized spacial score (nSPS) is 15.4. The van der Waals surface area contributed by atoms with Crippen LogP contribution < -0.4 is 5.32 Å². The van der Waals surface area contributed by atoms with Crippen molar-refractivity contribution in [1.82, 2.24) is 15.1 Å². The van der Waals surface area contributed by atoms with Crippen molar-refractivity contribution in [2.45, 2.75) is 52.2 Å². The van der Waals surface area contributed by atoms with Crippen molar-refractivity contribution in [3.63, 3.8) is 0 Å². The Morgan fingerprint density at radius 2 is 2.35 bits per heavy atom. The van der Waals surface area contributed by atoms with Gasteiger partial charge in [-0.15, -0.1) is 0 Å². The molecule has 0 radical (unpaired) electrons. The summed E-state index contributed by atoms with van der Waals surface area (Å²) in [6.07, 6.45) is 5.94. The zero-order chi connectivity index (χ0) is 12.1. The van der Waals surface area contributed by atoms with Crippen LogP contribution in [0.25, 0.3) is 0 Å². The molecule has 1 heterocycles. The van der Waals surface area contributed by atoms with E-state index in [0.717, 1.165) is 19.1 Å². The molecule has 1 fully saturated rings. The van der Waals surface area contributed by atoms with Gasteiger partial charge in [0.05, 0.1) is 6.20 Å². The molecule has 0 atom stereocenters.